The van der Waals surface area contributed by atoms with Crippen LogP contribution in [0.25, 0.3) is 10.8 Å². The average Bonchev–Trinajstić information content (AvgIpc) is 2.18. The van der Waals surface area contributed by atoms with Crippen LogP contribution in [0.4, 0.5) is 0 Å². The first-order valence-electron chi connectivity index (χ1n) is 3.89. The van der Waals surface area contributed by atoms with E-state index in [1.807, 2.05) is 24.3 Å². The van der Waals surface area contributed by atoms with E-state index in [1.165, 1.54) is 0 Å². The Kier molecular flexibility index (Phi) is 2.19. The summed E-state index contributed by atoms with van der Waals surface area (Å²) in [6.07, 6.45) is 1.77. The third-order valence-corrected chi connectivity index (χ3v) is 2.55. The van der Waals surface area contributed by atoms with Gasteiger partial charge >= 0.3 is 0 Å². The van der Waals surface area contributed by atoms with Gasteiger partial charge in [0.05, 0.1) is 7.11 Å². The maximum absolute atomic E-state index is 5.13. The number of benzene rings is 1. The zero-order chi connectivity index (χ0) is 9.26. The monoisotopic (exact) mass is 237 g/mol. The molecule has 0 aliphatic heterocycles. The predicted octanol–water partition coefficient (Wildman–Crippen LogP) is 3.01. The molecular weight excluding hydrogens is 230 g/mol. The zero-order valence-corrected chi connectivity index (χ0v) is 8.71. The van der Waals surface area contributed by atoms with Crippen LogP contribution in [0.2, 0.25) is 0 Å². The first-order chi connectivity index (χ1) is 6.31. The molecule has 1 aromatic carbocycles. The van der Waals surface area contributed by atoms with E-state index >= 15 is 0 Å². The third-order valence-electron chi connectivity index (χ3n) is 1.92. The van der Waals surface area contributed by atoms with E-state index in [0.717, 1.165) is 21.1 Å². The van der Waals surface area contributed by atoms with E-state index in [2.05, 4.69) is 20.9 Å². The molecule has 0 amide bonds. The van der Waals surface area contributed by atoms with Gasteiger partial charge in [-0.05, 0) is 45.6 Å². The van der Waals surface area contributed by atoms with Gasteiger partial charge in [0, 0.05) is 11.6 Å². The molecule has 1 heterocycles. The lowest BCUT2D eigenvalue weighted by atomic mass is 10.2. The zero-order valence-electron chi connectivity index (χ0n) is 7.12. The number of fused-ring (bicyclic) bond motifs is 1. The average molecular weight is 238 g/mol. The molecule has 0 N–H and O–H groups in total. The molecule has 0 fully saturated rings. The largest absolute Gasteiger partial charge is 0.497 e. The lowest BCUT2D eigenvalue weighted by Gasteiger charge is -2.02. The van der Waals surface area contributed by atoms with Crippen molar-refractivity contribution < 1.29 is 4.74 Å². The fraction of sp³-hybridized carbons (Fsp3) is 0.100. The Labute approximate surface area is 84.7 Å². The summed E-state index contributed by atoms with van der Waals surface area (Å²) in [7, 11) is 1.66. The maximum Gasteiger partial charge on any atom is 0.119 e. The second kappa shape index (κ2) is 3.34. The molecule has 0 aliphatic rings. The number of hydrogen-bond donors (Lipinski definition) is 0. The van der Waals surface area contributed by atoms with Gasteiger partial charge in [-0.3, -0.25) is 0 Å². The van der Waals surface area contributed by atoms with Gasteiger partial charge in [0.15, 0.2) is 0 Å². The number of nitrogens with zero attached hydrogens (tertiary/aromatic N) is 1. The number of halogens is 1. The Bertz CT molecular complexity index is 442. The van der Waals surface area contributed by atoms with Crippen LogP contribution in [0, 0.1) is 0 Å². The van der Waals surface area contributed by atoms with Gasteiger partial charge < -0.3 is 4.74 Å². The second-order valence-electron chi connectivity index (χ2n) is 2.69. The van der Waals surface area contributed by atoms with Crippen molar-refractivity contribution in [1.29, 1.82) is 0 Å². The van der Waals surface area contributed by atoms with E-state index in [-0.39, 0.29) is 0 Å². The number of ether oxygens (including phenoxy) is 1. The normalized spacial score (nSPS) is 10.3. The molecular formula is C10H8BrNO. The number of rotatable bonds is 1. The van der Waals surface area contributed by atoms with Crippen LogP contribution in [-0.4, -0.2) is 12.1 Å². The highest BCUT2D eigenvalue weighted by molar-refractivity contribution is 9.10. The highest BCUT2D eigenvalue weighted by Crippen LogP contribution is 2.24. The lowest BCUT2D eigenvalue weighted by Crippen LogP contribution is -1.83. The van der Waals surface area contributed by atoms with Crippen molar-refractivity contribution in [3.05, 3.63) is 35.1 Å². The lowest BCUT2D eigenvalue weighted by molar-refractivity contribution is 0.415. The molecule has 0 atom stereocenters. The fourth-order valence-corrected chi connectivity index (χ4v) is 1.73. The molecule has 2 rings (SSSR count). The molecule has 2 aromatic rings. The van der Waals surface area contributed by atoms with Crippen molar-refractivity contribution in [2.45, 2.75) is 0 Å². The number of methoxy groups -OCH3 is 1. The van der Waals surface area contributed by atoms with Crippen molar-refractivity contribution in [2.75, 3.05) is 7.11 Å². The smallest absolute Gasteiger partial charge is 0.119 e. The Morgan fingerprint density at radius 1 is 1.31 bits per heavy atom. The molecule has 0 unspecified atom stereocenters. The third kappa shape index (κ3) is 1.52. The molecule has 66 valence electrons. The van der Waals surface area contributed by atoms with E-state index in [1.54, 1.807) is 13.3 Å². The van der Waals surface area contributed by atoms with Crippen LogP contribution in [0.3, 0.4) is 0 Å². The maximum atomic E-state index is 5.13. The first kappa shape index (κ1) is 8.51. The Hall–Kier alpha value is -1.09. The van der Waals surface area contributed by atoms with Gasteiger partial charge in [0.1, 0.15) is 10.4 Å². The number of hydrogen-bond acceptors (Lipinski definition) is 2. The molecule has 0 aliphatic carbocycles. The topological polar surface area (TPSA) is 22.1 Å². The fourth-order valence-electron chi connectivity index (χ4n) is 1.25. The first-order valence-corrected chi connectivity index (χ1v) is 4.69. The van der Waals surface area contributed by atoms with Crippen LogP contribution in [-0.2, 0) is 0 Å². The summed E-state index contributed by atoms with van der Waals surface area (Å²) in [5.74, 6) is 0.866. The molecule has 0 radical (unpaired) electrons. The van der Waals surface area contributed by atoms with Crippen LogP contribution in [0.15, 0.2) is 35.1 Å². The van der Waals surface area contributed by atoms with E-state index in [4.69, 9.17) is 4.74 Å². The van der Waals surface area contributed by atoms with Gasteiger partial charge in [-0.25, -0.2) is 4.98 Å². The minimum atomic E-state index is 0.866. The van der Waals surface area contributed by atoms with Crippen molar-refractivity contribution in [3.63, 3.8) is 0 Å². The highest BCUT2D eigenvalue weighted by atomic mass is 79.9. The Balaban J connectivity index is 2.72. The Morgan fingerprint density at radius 3 is 2.92 bits per heavy atom. The van der Waals surface area contributed by atoms with Crippen molar-refractivity contribution in [3.8, 4) is 5.75 Å². The summed E-state index contributed by atoms with van der Waals surface area (Å²) >= 11 is 3.39. The van der Waals surface area contributed by atoms with Crippen molar-refractivity contribution in [2.24, 2.45) is 0 Å². The second-order valence-corrected chi connectivity index (χ2v) is 3.44. The van der Waals surface area contributed by atoms with Crippen LogP contribution < -0.4 is 4.74 Å². The van der Waals surface area contributed by atoms with Crippen molar-refractivity contribution in [1.82, 2.24) is 4.98 Å². The molecule has 0 bridgehead atoms. The quantitative estimate of drug-likeness (QED) is 0.712. The Morgan fingerprint density at radius 2 is 2.15 bits per heavy atom. The SMILES string of the molecule is COc1ccc2c(Br)nccc2c1. The molecule has 2 nitrogen and oxygen atoms in total. The molecule has 3 heteroatoms. The van der Waals surface area contributed by atoms with Crippen LogP contribution >= 0.6 is 15.9 Å². The molecule has 0 saturated heterocycles. The molecule has 13 heavy (non-hydrogen) atoms. The summed E-state index contributed by atoms with van der Waals surface area (Å²) in [5.41, 5.74) is 0. The van der Waals surface area contributed by atoms with Gasteiger partial charge in [-0.1, -0.05) is 0 Å². The highest BCUT2D eigenvalue weighted by Gasteiger charge is 1.99. The van der Waals surface area contributed by atoms with Crippen molar-refractivity contribution >= 4 is 26.7 Å². The molecule has 0 saturated carbocycles. The van der Waals surface area contributed by atoms with E-state index in [9.17, 15) is 0 Å². The standard InChI is InChI=1S/C10H8BrNO/c1-13-8-2-3-9-7(6-8)4-5-12-10(9)11/h2-6H,1H3. The minimum Gasteiger partial charge on any atom is -0.497 e. The van der Waals surface area contributed by atoms with Gasteiger partial charge in [0.2, 0.25) is 0 Å². The molecule has 0 spiro atoms. The summed E-state index contributed by atoms with van der Waals surface area (Å²) in [4.78, 5) is 4.14. The van der Waals surface area contributed by atoms with E-state index < -0.39 is 0 Å². The molecule has 1 aromatic heterocycles. The summed E-state index contributed by atoms with van der Waals surface area (Å²) in [6.45, 7) is 0. The number of aromatic nitrogens is 1. The van der Waals surface area contributed by atoms with Gasteiger partial charge in [-0.2, -0.15) is 0 Å². The van der Waals surface area contributed by atoms with Crippen LogP contribution in [0.1, 0.15) is 0 Å². The van der Waals surface area contributed by atoms with Gasteiger partial charge in [0.25, 0.3) is 0 Å². The summed E-state index contributed by atoms with van der Waals surface area (Å²) in [5, 5.41) is 2.23. The minimum absolute atomic E-state index is 0.866. The van der Waals surface area contributed by atoms with Gasteiger partial charge in [-0.15, -0.1) is 0 Å². The van der Waals surface area contributed by atoms with E-state index in [0.29, 0.717) is 0 Å². The number of pyridine rings is 1. The van der Waals surface area contributed by atoms with Crippen LogP contribution in [0.5, 0.6) is 5.75 Å². The summed E-state index contributed by atoms with van der Waals surface area (Å²) < 4.78 is 5.99. The summed E-state index contributed by atoms with van der Waals surface area (Å²) in [6, 6.07) is 7.87. The predicted molar refractivity (Wildman–Crippen MR) is 56.0 cm³/mol.